The van der Waals surface area contributed by atoms with Crippen molar-refractivity contribution in [3.63, 3.8) is 0 Å². The molecule has 0 bridgehead atoms. The molecule has 0 saturated carbocycles. The minimum atomic E-state index is -2.04. The molecule has 1 atom stereocenters. The van der Waals surface area contributed by atoms with Crippen LogP contribution in [-0.4, -0.2) is 34.9 Å². The third-order valence-corrected chi connectivity index (χ3v) is 2.17. The molecule has 0 aliphatic heterocycles. The van der Waals surface area contributed by atoms with Crippen LogP contribution in [0.2, 0.25) is 0 Å². The summed E-state index contributed by atoms with van der Waals surface area (Å²) in [5.41, 5.74) is -1.01. The molecule has 2 N–H and O–H groups in total. The Balaban J connectivity index is 4.51. The number of esters is 1. The summed E-state index contributed by atoms with van der Waals surface area (Å²) in [7, 11) is 1.15. The van der Waals surface area contributed by atoms with Crippen LogP contribution in [0.15, 0.2) is 11.6 Å². The Kier molecular flexibility index (Phi) is 5.74. The summed E-state index contributed by atoms with van der Waals surface area (Å²) in [5, 5.41) is 18.6. The van der Waals surface area contributed by atoms with Crippen LogP contribution in [0.3, 0.4) is 0 Å². The van der Waals surface area contributed by atoms with E-state index in [0.717, 1.165) is 12.7 Å². The number of allylic oxidation sites excluding steroid dienone is 2. The van der Waals surface area contributed by atoms with E-state index in [9.17, 15) is 14.7 Å². The van der Waals surface area contributed by atoms with Crippen LogP contribution in [0, 0.1) is 0 Å². The number of aliphatic hydroxyl groups is 1. The van der Waals surface area contributed by atoms with Crippen LogP contribution in [-0.2, 0) is 14.3 Å². The number of rotatable bonds is 6. The van der Waals surface area contributed by atoms with Crippen LogP contribution < -0.4 is 0 Å². The zero-order chi connectivity index (χ0) is 12.8. The van der Waals surface area contributed by atoms with Crippen LogP contribution in [0.1, 0.15) is 33.1 Å². The lowest BCUT2D eigenvalue weighted by atomic mass is 9.93. The van der Waals surface area contributed by atoms with E-state index >= 15 is 0 Å². The van der Waals surface area contributed by atoms with Crippen molar-refractivity contribution < 1.29 is 24.5 Å². The van der Waals surface area contributed by atoms with Gasteiger partial charge in [0.25, 0.3) is 0 Å². The number of carbonyl (C=O) groups excluding carboxylic acids is 1. The van der Waals surface area contributed by atoms with Gasteiger partial charge in [0, 0.05) is 0 Å². The molecule has 0 amide bonds. The normalized spacial score (nSPS) is 13.8. The summed E-state index contributed by atoms with van der Waals surface area (Å²) in [6, 6.07) is 0. The number of carboxylic acid groups (broad SMARTS) is 1. The van der Waals surface area contributed by atoms with Gasteiger partial charge in [-0.15, -0.1) is 0 Å². The summed E-state index contributed by atoms with van der Waals surface area (Å²) in [4.78, 5) is 21.8. The molecule has 0 aliphatic rings. The molecule has 0 aliphatic carbocycles. The Labute approximate surface area is 94.7 Å². The standard InChI is InChI=1S/C11H18O5/c1-8(2)5-4-6-11(15,10(13)14)7-9(12)16-3/h5,15H,4,6-7H2,1-3H3,(H,13,14)/t11-/m1/s1. The molecule has 0 aromatic heterocycles. The van der Waals surface area contributed by atoms with E-state index in [1.54, 1.807) is 0 Å². The highest BCUT2D eigenvalue weighted by Gasteiger charge is 2.38. The van der Waals surface area contributed by atoms with Crippen LogP contribution in [0.25, 0.3) is 0 Å². The number of ether oxygens (including phenoxy) is 1. The van der Waals surface area contributed by atoms with E-state index in [1.165, 1.54) is 0 Å². The van der Waals surface area contributed by atoms with E-state index < -0.39 is 24.0 Å². The van der Waals surface area contributed by atoms with Crippen LogP contribution in [0.4, 0.5) is 0 Å². The second kappa shape index (κ2) is 6.27. The van der Waals surface area contributed by atoms with Crippen molar-refractivity contribution in [1.29, 1.82) is 0 Å². The van der Waals surface area contributed by atoms with E-state index in [4.69, 9.17) is 5.11 Å². The molecule has 92 valence electrons. The zero-order valence-corrected chi connectivity index (χ0v) is 9.82. The molecule has 0 aromatic rings. The van der Waals surface area contributed by atoms with Crippen molar-refractivity contribution in [3.05, 3.63) is 11.6 Å². The molecule has 0 saturated heterocycles. The lowest BCUT2D eigenvalue weighted by Crippen LogP contribution is -2.40. The Bertz CT molecular complexity index is 291. The quantitative estimate of drug-likeness (QED) is 0.527. The second-order valence-corrected chi connectivity index (χ2v) is 3.91. The highest BCUT2D eigenvalue weighted by atomic mass is 16.5. The molecule has 0 heterocycles. The predicted octanol–water partition coefficient (Wildman–Crippen LogP) is 1.11. The van der Waals surface area contributed by atoms with Gasteiger partial charge in [-0.3, -0.25) is 4.79 Å². The second-order valence-electron chi connectivity index (χ2n) is 3.91. The van der Waals surface area contributed by atoms with Gasteiger partial charge in [-0.1, -0.05) is 11.6 Å². The molecule has 0 unspecified atom stereocenters. The van der Waals surface area contributed by atoms with Gasteiger partial charge in [-0.05, 0) is 26.7 Å². The van der Waals surface area contributed by atoms with Gasteiger partial charge < -0.3 is 14.9 Å². The minimum absolute atomic E-state index is 0.0113. The topological polar surface area (TPSA) is 83.8 Å². The number of hydrogen-bond acceptors (Lipinski definition) is 4. The van der Waals surface area contributed by atoms with Gasteiger partial charge in [0.05, 0.1) is 13.5 Å². The SMILES string of the molecule is COC(=O)C[C@](O)(CCC=C(C)C)C(=O)O. The third kappa shape index (κ3) is 4.93. The first-order chi connectivity index (χ1) is 7.31. The molecule has 0 aromatic carbocycles. The van der Waals surface area contributed by atoms with Crippen molar-refractivity contribution in [2.75, 3.05) is 7.11 Å². The van der Waals surface area contributed by atoms with Gasteiger partial charge in [-0.2, -0.15) is 0 Å². The average molecular weight is 230 g/mol. The van der Waals surface area contributed by atoms with Gasteiger partial charge in [-0.25, -0.2) is 4.79 Å². The van der Waals surface area contributed by atoms with E-state index in [-0.39, 0.29) is 6.42 Å². The smallest absolute Gasteiger partial charge is 0.336 e. The van der Waals surface area contributed by atoms with E-state index in [1.807, 2.05) is 19.9 Å². The van der Waals surface area contributed by atoms with Gasteiger partial charge >= 0.3 is 11.9 Å². The lowest BCUT2D eigenvalue weighted by molar-refractivity contribution is -0.166. The third-order valence-electron chi connectivity index (χ3n) is 2.17. The van der Waals surface area contributed by atoms with Crippen molar-refractivity contribution in [1.82, 2.24) is 0 Å². The van der Waals surface area contributed by atoms with Crippen molar-refractivity contribution >= 4 is 11.9 Å². The number of hydrogen-bond donors (Lipinski definition) is 2. The molecular weight excluding hydrogens is 212 g/mol. The van der Waals surface area contributed by atoms with Crippen LogP contribution >= 0.6 is 0 Å². The van der Waals surface area contributed by atoms with E-state index in [0.29, 0.717) is 6.42 Å². The fraction of sp³-hybridized carbons (Fsp3) is 0.636. The highest BCUT2D eigenvalue weighted by molar-refractivity contribution is 5.84. The zero-order valence-electron chi connectivity index (χ0n) is 9.82. The molecular formula is C11H18O5. The van der Waals surface area contributed by atoms with Gasteiger partial charge in [0.15, 0.2) is 5.60 Å². The lowest BCUT2D eigenvalue weighted by Gasteiger charge is -2.21. The van der Waals surface area contributed by atoms with Gasteiger partial charge in [0.1, 0.15) is 0 Å². The summed E-state index contributed by atoms with van der Waals surface area (Å²) in [6.45, 7) is 3.75. The Morgan fingerprint density at radius 2 is 1.94 bits per heavy atom. The maximum Gasteiger partial charge on any atom is 0.336 e. The van der Waals surface area contributed by atoms with Crippen molar-refractivity contribution in [3.8, 4) is 0 Å². The number of carbonyl (C=O) groups is 2. The van der Waals surface area contributed by atoms with Crippen LogP contribution in [0.5, 0.6) is 0 Å². The fourth-order valence-electron chi connectivity index (χ4n) is 1.18. The largest absolute Gasteiger partial charge is 0.479 e. The number of methoxy groups -OCH3 is 1. The Morgan fingerprint density at radius 3 is 2.31 bits per heavy atom. The number of aliphatic carboxylic acids is 1. The van der Waals surface area contributed by atoms with E-state index in [2.05, 4.69) is 4.74 Å². The minimum Gasteiger partial charge on any atom is -0.479 e. The first kappa shape index (κ1) is 14.6. The monoisotopic (exact) mass is 230 g/mol. The van der Waals surface area contributed by atoms with Crippen molar-refractivity contribution in [2.45, 2.75) is 38.7 Å². The molecule has 0 radical (unpaired) electrons. The Hall–Kier alpha value is -1.36. The maximum atomic E-state index is 11.0. The first-order valence-corrected chi connectivity index (χ1v) is 4.98. The molecule has 0 fully saturated rings. The average Bonchev–Trinajstić information content (AvgIpc) is 2.16. The first-order valence-electron chi connectivity index (χ1n) is 4.98. The predicted molar refractivity (Wildman–Crippen MR) is 57.9 cm³/mol. The fourth-order valence-corrected chi connectivity index (χ4v) is 1.18. The Morgan fingerprint density at radius 1 is 1.38 bits per heavy atom. The summed E-state index contributed by atoms with van der Waals surface area (Å²) >= 11 is 0. The summed E-state index contributed by atoms with van der Waals surface area (Å²) < 4.78 is 4.35. The molecule has 5 heteroatoms. The summed E-state index contributed by atoms with van der Waals surface area (Å²) in [6.07, 6.45) is 1.67. The van der Waals surface area contributed by atoms with Crippen molar-refractivity contribution in [2.24, 2.45) is 0 Å². The molecule has 0 rings (SSSR count). The summed E-state index contributed by atoms with van der Waals surface area (Å²) in [5.74, 6) is -2.14. The molecule has 5 nitrogen and oxygen atoms in total. The molecule has 16 heavy (non-hydrogen) atoms. The van der Waals surface area contributed by atoms with Gasteiger partial charge in [0.2, 0.25) is 0 Å². The molecule has 0 spiro atoms. The number of carboxylic acids is 1. The highest BCUT2D eigenvalue weighted by Crippen LogP contribution is 2.19. The maximum absolute atomic E-state index is 11.0.